The summed E-state index contributed by atoms with van der Waals surface area (Å²) >= 11 is 0. The van der Waals surface area contributed by atoms with Crippen LogP contribution in [-0.2, 0) is 9.59 Å². The highest BCUT2D eigenvalue weighted by Gasteiger charge is 2.27. The lowest BCUT2D eigenvalue weighted by Crippen LogP contribution is -2.47. The molecule has 1 aliphatic rings. The molecule has 7 nitrogen and oxygen atoms in total. The number of nitrogens with two attached hydrogens (primary N) is 1. The van der Waals surface area contributed by atoms with Gasteiger partial charge in [0.25, 0.3) is 0 Å². The fraction of sp³-hybridized carbons (Fsp3) is 0.364. The number of methoxy groups -OCH3 is 1. The van der Waals surface area contributed by atoms with E-state index in [0.29, 0.717) is 30.2 Å². The van der Waals surface area contributed by atoms with E-state index in [9.17, 15) is 9.59 Å². The first-order valence-corrected chi connectivity index (χ1v) is 5.51. The molecule has 0 radical (unpaired) electrons. The van der Waals surface area contributed by atoms with Crippen molar-refractivity contribution in [1.82, 2.24) is 10.3 Å². The molecule has 1 fully saturated rings. The van der Waals surface area contributed by atoms with E-state index in [4.69, 9.17) is 10.5 Å². The van der Waals surface area contributed by atoms with Crippen LogP contribution in [0.3, 0.4) is 0 Å². The molecule has 2 rings (SSSR count). The largest absolute Gasteiger partial charge is 0.481 e. The van der Waals surface area contributed by atoms with E-state index in [1.165, 1.54) is 7.11 Å². The smallest absolute Gasteiger partial charge is 0.249 e. The zero-order valence-corrected chi connectivity index (χ0v) is 9.90. The first kappa shape index (κ1) is 12.2. The predicted molar refractivity (Wildman–Crippen MR) is 65.0 cm³/mol. The Morgan fingerprint density at radius 3 is 2.94 bits per heavy atom. The maximum atomic E-state index is 11.6. The third-order valence-electron chi connectivity index (χ3n) is 2.66. The highest BCUT2D eigenvalue weighted by Crippen LogP contribution is 2.21. The van der Waals surface area contributed by atoms with E-state index in [-0.39, 0.29) is 11.8 Å². The van der Waals surface area contributed by atoms with Crippen molar-refractivity contribution in [2.24, 2.45) is 0 Å². The Morgan fingerprint density at radius 2 is 2.28 bits per heavy atom. The lowest BCUT2D eigenvalue weighted by Gasteiger charge is -2.22. The number of aromatic nitrogens is 1. The van der Waals surface area contributed by atoms with Gasteiger partial charge in [-0.1, -0.05) is 0 Å². The number of carbonyl (C=O) groups excluding carboxylic acids is 2. The van der Waals surface area contributed by atoms with E-state index < -0.39 is 6.04 Å². The molecule has 0 bridgehead atoms. The highest BCUT2D eigenvalue weighted by molar-refractivity contribution is 6.01. The molecule has 0 spiro atoms. The van der Waals surface area contributed by atoms with Gasteiger partial charge >= 0.3 is 0 Å². The topological polar surface area (TPSA) is 106 Å². The van der Waals surface area contributed by atoms with Gasteiger partial charge in [-0.3, -0.25) is 14.9 Å². The van der Waals surface area contributed by atoms with Crippen LogP contribution in [0.1, 0.15) is 12.8 Å². The van der Waals surface area contributed by atoms with Gasteiger partial charge < -0.3 is 15.8 Å². The van der Waals surface area contributed by atoms with Crippen LogP contribution < -0.4 is 21.1 Å². The van der Waals surface area contributed by atoms with Crippen LogP contribution in [0.25, 0.3) is 0 Å². The molecule has 0 saturated carbocycles. The summed E-state index contributed by atoms with van der Waals surface area (Å²) in [6.45, 7) is 0. The van der Waals surface area contributed by atoms with Crippen LogP contribution in [-0.4, -0.2) is 29.9 Å². The van der Waals surface area contributed by atoms with E-state index in [1.807, 2.05) is 0 Å². The number of imide groups is 1. The molecule has 2 amide bonds. The number of rotatable bonds is 3. The van der Waals surface area contributed by atoms with Gasteiger partial charge in [0, 0.05) is 12.5 Å². The molecule has 96 valence electrons. The van der Waals surface area contributed by atoms with Crippen molar-refractivity contribution in [2.75, 3.05) is 18.2 Å². The molecule has 0 aromatic carbocycles. The van der Waals surface area contributed by atoms with Gasteiger partial charge in [0.1, 0.15) is 6.04 Å². The second-order valence-electron chi connectivity index (χ2n) is 3.94. The fourth-order valence-electron chi connectivity index (χ4n) is 1.68. The van der Waals surface area contributed by atoms with Gasteiger partial charge in [0.05, 0.1) is 12.8 Å². The van der Waals surface area contributed by atoms with Gasteiger partial charge in [-0.25, -0.2) is 0 Å². The Hall–Kier alpha value is -2.31. The van der Waals surface area contributed by atoms with Gasteiger partial charge in [0.2, 0.25) is 17.7 Å². The van der Waals surface area contributed by atoms with Crippen LogP contribution in [0.2, 0.25) is 0 Å². The van der Waals surface area contributed by atoms with Gasteiger partial charge in [-0.05, 0) is 12.5 Å². The zero-order valence-electron chi connectivity index (χ0n) is 9.90. The molecular weight excluding hydrogens is 236 g/mol. The van der Waals surface area contributed by atoms with Crippen molar-refractivity contribution >= 4 is 23.3 Å². The number of pyridine rings is 1. The molecular formula is C11H14N4O3. The minimum atomic E-state index is -0.510. The van der Waals surface area contributed by atoms with E-state index in [2.05, 4.69) is 15.6 Å². The Balaban J connectivity index is 2.13. The molecule has 7 heteroatoms. The number of amides is 2. The molecule has 1 atom stereocenters. The average Bonchev–Trinajstić information content (AvgIpc) is 2.35. The zero-order chi connectivity index (χ0) is 13.1. The lowest BCUT2D eigenvalue weighted by molar-refractivity contribution is -0.133. The van der Waals surface area contributed by atoms with Crippen molar-refractivity contribution in [3.8, 4) is 5.88 Å². The lowest BCUT2D eigenvalue weighted by atomic mass is 10.1. The molecule has 1 unspecified atom stereocenters. The molecule has 1 aromatic heterocycles. The van der Waals surface area contributed by atoms with E-state index >= 15 is 0 Å². The standard InChI is InChI=1S/C11H14N4O3/c1-18-9-5-2-6(12)10(15-9)13-7-3-4-8(16)14-11(7)17/h2,5,7H,3-4,12H2,1H3,(H,13,15)(H,14,16,17). The summed E-state index contributed by atoms with van der Waals surface area (Å²) in [6.07, 6.45) is 0.719. The number of carbonyl (C=O) groups is 2. The Morgan fingerprint density at radius 1 is 1.50 bits per heavy atom. The number of ether oxygens (including phenoxy) is 1. The van der Waals surface area contributed by atoms with Crippen LogP contribution in [0.5, 0.6) is 5.88 Å². The molecule has 0 aliphatic carbocycles. The molecule has 2 heterocycles. The minimum absolute atomic E-state index is 0.260. The van der Waals surface area contributed by atoms with Gasteiger partial charge in [-0.15, -0.1) is 0 Å². The van der Waals surface area contributed by atoms with Crippen molar-refractivity contribution in [3.05, 3.63) is 12.1 Å². The summed E-state index contributed by atoms with van der Waals surface area (Å²) in [7, 11) is 1.49. The minimum Gasteiger partial charge on any atom is -0.481 e. The molecule has 18 heavy (non-hydrogen) atoms. The Kier molecular flexibility index (Phi) is 3.31. The maximum absolute atomic E-state index is 11.6. The molecule has 1 aromatic rings. The summed E-state index contributed by atoms with van der Waals surface area (Å²) in [5.74, 6) is 0.155. The van der Waals surface area contributed by atoms with Crippen LogP contribution in [0.15, 0.2) is 12.1 Å². The third kappa shape index (κ3) is 2.50. The summed E-state index contributed by atoms with van der Waals surface area (Å²) < 4.78 is 4.98. The molecule has 1 saturated heterocycles. The second-order valence-corrected chi connectivity index (χ2v) is 3.94. The first-order valence-electron chi connectivity index (χ1n) is 5.51. The Labute approximate surface area is 104 Å². The van der Waals surface area contributed by atoms with Crippen molar-refractivity contribution in [1.29, 1.82) is 0 Å². The number of nitrogens with one attached hydrogen (secondary N) is 2. The highest BCUT2D eigenvalue weighted by atomic mass is 16.5. The van der Waals surface area contributed by atoms with Crippen molar-refractivity contribution in [3.63, 3.8) is 0 Å². The molecule has 4 N–H and O–H groups in total. The van der Waals surface area contributed by atoms with Crippen LogP contribution >= 0.6 is 0 Å². The summed E-state index contributed by atoms with van der Waals surface area (Å²) in [5, 5.41) is 5.17. The molecule has 1 aliphatic heterocycles. The monoisotopic (exact) mass is 250 g/mol. The van der Waals surface area contributed by atoms with Crippen LogP contribution in [0.4, 0.5) is 11.5 Å². The number of hydrogen-bond acceptors (Lipinski definition) is 6. The second kappa shape index (κ2) is 4.91. The maximum Gasteiger partial charge on any atom is 0.249 e. The third-order valence-corrected chi connectivity index (χ3v) is 2.66. The predicted octanol–water partition coefficient (Wildman–Crippen LogP) is -0.111. The summed E-state index contributed by atoms with van der Waals surface area (Å²) in [6, 6.07) is 2.76. The number of nitrogen functional groups attached to an aromatic ring is 1. The first-order chi connectivity index (χ1) is 8.60. The van der Waals surface area contributed by atoms with Crippen molar-refractivity contribution < 1.29 is 14.3 Å². The Bertz CT molecular complexity index is 489. The SMILES string of the molecule is COc1ccc(N)c(NC2CCC(=O)NC2=O)n1. The summed E-state index contributed by atoms with van der Waals surface area (Å²) in [4.78, 5) is 26.7. The summed E-state index contributed by atoms with van der Waals surface area (Å²) in [5.41, 5.74) is 6.17. The quantitative estimate of drug-likeness (QED) is 0.646. The van der Waals surface area contributed by atoms with E-state index in [0.717, 1.165) is 0 Å². The number of hydrogen-bond donors (Lipinski definition) is 3. The average molecular weight is 250 g/mol. The van der Waals surface area contributed by atoms with E-state index in [1.54, 1.807) is 12.1 Å². The van der Waals surface area contributed by atoms with Crippen LogP contribution in [0, 0.1) is 0 Å². The van der Waals surface area contributed by atoms with Crippen molar-refractivity contribution in [2.45, 2.75) is 18.9 Å². The van der Waals surface area contributed by atoms with Gasteiger partial charge in [-0.2, -0.15) is 4.98 Å². The normalized spacial score (nSPS) is 19.3. The fourth-order valence-corrected chi connectivity index (χ4v) is 1.68. The number of piperidine rings is 1. The van der Waals surface area contributed by atoms with Gasteiger partial charge in [0.15, 0.2) is 5.82 Å². The number of anilines is 2. The number of nitrogens with zero attached hydrogens (tertiary/aromatic N) is 1.